The van der Waals surface area contributed by atoms with E-state index in [0.717, 1.165) is 6.42 Å². The summed E-state index contributed by atoms with van der Waals surface area (Å²) in [7, 11) is -3.70. The van der Waals surface area contributed by atoms with E-state index in [2.05, 4.69) is 5.32 Å². The van der Waals surface area contributed by atoms with E-state index in [0.29, 0.717) is 37.5 Å². The van der Waals surface area contributed by atoms with Gasteiger partial charge in [-0.1, -0.05) is 30.1 Å². The van der Waals surface area contributed by atoms with E-state index in [1.165, 1.54) is 16.4 Å². The summed E-state index contributed by atoms with van der Waals surface area (Å²) in [5, 5.41) is 3.33. The van der Waals surface area contributed by atoms with Gasteiger partial charge >= 0.3 is 0 Å². The van der Waals surface area contributed by atoms with Crippen molar-refractivity contribution in [1.29, 1.82) is 0 Å². The van der Waals surface area contributed by atoms with Crippen molar-refractivity contribution in [3.05, 3.63) is 28.2 Å². The predicted octanol–water partition coefficient (Wildman–Crippen LogP) is 2.92. The molecule has 0 aromatic heterocycles. The number of carbonyl (C=O) groups is 1. The molecule has 1 fully saturated rings. The Morgan fingerprint density at radius 2 is 1.96 bits per heavy atom. The first-order valence-corrected chi connectivity index (χ1v) is 9.78. The van der Waals surface area contributed by atoms with Crippen LogP contribution in [-0.2, 0) is 14.8 Å². The van der Waals surface area contributed by atoms with Gasteiger partial charge in [0.1, 0.15) is 4.90 Å². The highest BCUT2D eigenvalue weighted by atomic mass is 35.5. The van der Waals surface area contributed by atoms with Crippen LogP contribution in [0.1, 0.15) is 26.2 Å². The average molecular weight is 379 g/mol. The number of rotatable bonds is 5. The third kappa shape index (κ3) is 4.38. The van der Waals surface area contributed by atoms with Gasteiger partial charge in [-0.2, -0.15) is 4.31 Å². The van der Waals surface area contributed by atoms with Crippen LogP contribution in [0.2, 0.25) is 10.0 Å². The van der Waals surface area contributed by atoms with Gasteiger partial charge in [-0.3, -0.25) is 4.79 Å². The summed E-state index contributed by atoms with van der Waals surface area (Å²) in [6.45, 7) is 3.24. The second-order valence-electron chi connectivity index (χ2n) is 5.54. The molecule has 1 heterocycles. The molecule has 1 aromatic carbocycles. The number of hydrogen-bond donors (Lipinski definition) is 1. The number of sulfonamides is 1. The third-order valence-corrected chi connectivity index (χ3v) is 6.50. The van der Waals surface area contributed by atoms with Crippen LogP contribution in [0, 0.1) is 5.92 Å². The molecular formula is C15H20Cl2N2O3S. The maximum Gasteiger partial charge on any atom is 0.244 e. The smallest absolute Gasteiger partial charge is 0.244 e. The Morgan fingerprint density at radius 3 is 2.57 bits per heavy atom. The average Bonchev–Trinajstić information content (AvgIpc) is 2.54. The van der Waals surface area contributed by atoms with Crippen molar-refractivity contribution in [2.75, 3.05) is 19.6 Å². The minimum atomic E-state index is -3.70. The van der Waals surface area contributed by atoms with Crippen LogP contribution >= 0.6 is 23.2 Å². The monoisotopic (exact) mass is 378 g/mol. The Labute approximate surface area is 147 Å². The largest absolute Gasteiger partial charge is 0.356 e. The van der Waals surface area contributed by atoms with E-state index < -0.39 is 10.0 Å². The predicted molar refractivity (Wildman–Crippen MR) is 91.2 cm³/mol. The van der Waals surface area contributed by atoms with Crippen molar-refractivity contribution in [2.45, 2.75) is 31.1 Å². The molecule has 1 aliphatic heterocycles. The van der Waals surface area contributed by atoms with Gasteiger partial charge in [0.05, 0.1) is 5.02 Å². The maximum absolute atomic E-state index is 12.7. The summed E-state index contributed by atoms with van der Waals surface area (Å²) < 4.78 is 26.8. The van der Waals surface area contributed by atoms with E-state index >= 15 is 0 Å². The van der Waals surface area contributed by atoms with Crippen LogP contribution in [0.25, 0.3) is 0 Å². The molecule has 0 saturated carbocycles. The molecule has 1 aromatic rings. The summed E-state index contributed by atoms with van der Waals surface area (Å²) >= 11 is 11.9. The van der Waals surface area contributed by atoms with Crippen molar-refractivity contribution in [2.24, 2.45) is 5.92 Å². The van der Waals surface area contributed by atoms with Gasteiger partial charge in [0.15, 0.2) is 0 Å². The number of piperidine rings is 1. The van der Waals surface area contributed by atoms with Gasteiger partial charge in [-0.05, 0) is 37.5 Å². The summed E-state index contributed by atoms with van der Waals surface area (Å²) in [5.74, 6) is -0.132. The van der Waals surface area contributed by atoms with Crippen LogP contribution in [0.3, 0.4) is 0 Å². The molecule has 0 atom stereocenters. The summed E-state index contributed by atoms with van der Waals surface area (Å²) in [5.41, 5.74) is 0. The van der Waals surface area contributed by atoms with Crippen LogP contribution < -0.4 is 5.32 Å². The molecule has 1 amide bonds. The number of carbonyl (C=O) groups excluding carboxylic acids is 1. The fourth-order valence-electron chi connectivity index (χ4n) is 2.56. The highest BCUT2D eigenvalue weighted by molar-refractivity contribution is 7.89. The Kier molecular flexibility index (Phi) is 6.31. The minimum absolute atomic E-state index is 0.00434. The molecule has 8 heteroatoms. The first-order chi connectivity index (χ1) is 10.9. The number of amides is 1. The summed E-state index contributed by atoms with van der Waals surface area (Å²) in [6, 6.07) is 4.38. The van der Waals surface area contributed by atoms with Crippen molar-refractivity contribution in [3.63, 3.8) is 0 Å². The zero-order chi connectivity index (χ0) is 17.0. The number of hydrogen-bond acceptors (Lipinski definition) is 3. The zero-order valence-electron chi connectivity index (χ0n) is 12.9. The highest BCUT2D eigenvalue weighted by Gasteiger charge is 2.33. The number of nitrogens with one attached hydrogen (secondary N) is 1. The standard InChI is InChI=1S/C15H20Cl2N2O3S/c1-2-7-18-15(20)11-5-8-19(9-6-11)23(21,22)14-10-12(16)3-4-13(14)17/h3-4,10-11H,2,5-9H2,1H3,(H,18,20). The normalized spacial score (nSPS) is 17.2. The highest BCUT2D eigenvalue weighted by Crippen LogP contribution is 2.30. The summed E-state index contributed by atoms with van der Waals surface area (Å²) in [4.78, 5) is 12.0. The van der Waals surface area contributed by atoms with Crippen molar-refractivity contribution in [3.8, 4) is 0 Å². The topological polar surface area (TPSA) is 66.5 Å². The second-order valence-corrected chi connectivity index (χ2v) is 8.29. The molecule has 0 unspecified atom stereocenters. The van der Waals surface area contributed by atoms with Crippen molar-refractivity contribution >= 4 is 39.1 Å². The lowest BCUT2D eigenvalue weighted by Gasteiger charge is -2.30. The van der Waals surface area contributed by atoms with Gasteiger partial charge in [0.2, 0.25) is 15.9 Å². The van der Waals surface area contributed by atoms with E-state index in [1.54, 1.807) is 6.07 Å². The van der Waals surface area contributed by atoms with Gasteiger partial charge < -0.3 is 5.32 Å². The van der Waals surface area contributed by atoms with Crippen LogP contribution in [0.5, 0.6) is 0 Å². The lowest BCUT2D eigenvalue weighted by atomic mass is 9.97. The zero-order valence-corrected chi connectivity index (χ0v) is 15.2. The van der Waals surface area contributed by atoms with Crippen LogP contribution in [0.15, 0.2) is 23.1 Å². The van der Waals surface area contributed by atoms with Crippen LogP contribution in [-0.4, -0.2) is 38.3 Å². The van der Waals surface area contributed by atoms with Gasteiger partial charge in [0, 0.05) is 30.6 Å². The fourth-order valence-corrected chi connectivity index (χ4v) is 4.77. The third-order valence-electron chi connectivity index (χ3n) is 3.89. The maximum atomic E-state index is 12.7. The first kappa shape index (κ1) is 18.5. The van der Waals surface area contributed by atoms with Gasteiger partial charge in [-0.15, -0.1) is 0 Å². The molecular weight excluding hydrogens is 359 g/mol. The Bertz CT molecular complexity index is 671. The Hall–Kier alpha value is -0.820. The SMILES string of the molecule is CCCNC(=O)C1CCN(S(=O)(=O)c2cc(Cl)ccc2Cl)CC1. The Morgan fingerprint density at radius 1 is 1.30 bits per heavy atom. The first-order valence-electron chi connectivity index (χ1n) is 7.59. The lowest BCUT2D eigenvalue weighted by Crippen LogP contribution is -2.43. The molecule has 2 rings (SSSR count). The van der Waals surface area contributed by atoms with E-state index in [1.807, 2.05) is 6.92 Å². The van der Waals surface area contributed by atoms with Crippen molar-refractivity contribution in [1.82, 2.24) is 9.62 Å². The molecule has 23 heavy (non-hydrogen) atoms. The second kappa shape index (κ2) is 7.83. The number of halogens is 2. The Balaban J connectivity index is 2.07. The lowest BCUT2D eigenvalue weighted by molar-refractivity contribution is -0.126. The quantitative estimate of drug-likeness (QED) is 0.856. The molecule has 0 bridgehead atoms. The van der Waals surface area contributed by atoms with Gasteiger partial charge in [0.25, 0.3) is 0 Å². The molecule has 1 N–H and O–H groups in total. The molecule has 128 valence electrons. The molecule has 0 aliphatic carbocycles. The van der Waals surface area contributed by atoms with E-state index in [-0.39, 0.29) is 21.7 Å². The molecule has 1 saturated heterocycles. The van der Waals surface area contributed by atoms with Crippen LogP contribution in [0.4, 0.5) is 0 Å². The minimum Gasteiger partial charge on any atom is -0.356 e. The molecule has 0 spiro atoms. The van der Waals surface area contributed by atoms with Crippen molar-refractivity contribution < 1.29 is 13.2 Å². The molecule has 0 radical (unpaired) electrons. The van der Waals surface area contributed by atoms with E-state index in [4.69, 9.17) is 23.2 Å². The fraction of sp³-hybridized carbons (Fsp3) is 0.533. The van der Waals surface area contributed by atoms with Gasteiger partial charge in [-0.25, -0.2) is 8.42 Å². The summed E-state index contributed by atoms with van der Waals surface area (Å²) in [6.07, 6.45) is 1.89. The molecule has 5 nitrogen and oxygen atoms in total. The number of benzene rings is 1. The number of nitrogens with zero attached hydrogens (tertiary/aromatic N) is 1. The van der Waals surface area contributed by atoms with E-state index in [9.17, 15) is 13.2 Å². The molecule has 1 aliphatic rings.